The number of fused-ring (bicyclic) bond motifs is 1. The SMILES string of the molecule is [CH2]CCn1cnc2c(N)ncnc21. The summed E-state index contributed by atoms with van der Waals surface area (Å²) in [6.45, 7) is 4.57. The molecule has 0 spiro atoms. The number of rotatable bonds is 2. The Balaban J connectivity index is 2.61. The smallest absolute Gasteiger partial charge is 0.165 e. The highest BCUT2D eigenvalue weighted by Crippen LogP contribution is 2.13. The van der Waals surface area contributed by atoms with Crippen LogP contribution in [0, 0.1) is 6.92 Å². The van der Waals surface area contributed by atoms with Crippen LogP contribution in [0.1, 0.15) is 6.42 Å². The van der Waals surface area contributed by atoms with Crippen molar-refractivity contribution in [1.29, 1.82) is 0 Å². The van der Waals surface area contributed by atoms with Crippen LogP contribution < -0.4 is 5.73 Å². The van der Waals surface area contributed by atoms with Crippen LogP contribution >= 0.6 is 0 Å². The summed E-state index contributed by atoms with van der Waals surface area (Å²) in [6.07, 6.45) is 3.95. The second-order valence-corrected chi connectivity index (χ2v) is 2.72. The third-order valence-corrected chi connectivity index (χ3v) is 1.83. The van der Waals surface area contributed by atoms with Crippen molar-refractivity contribution >= 4 is 17.0 Å². The van der Waals surface area contributed by atoms with E-state index in [9.17, 15) is 0 Å². The molecule has 0 saturated heterocycles. The van der Waals surface area contributed by atoms with Gasteiger partial charge < -0.3 is 10.3 Å². The van der Waals surface area contributed by atoms with E-state index in [1.54, 1.807) is 6.33 Å². The zero-order valence-corrected chi connectivity index (χ0v) is 7.14. The molecule has 2 aromatic rings. The summed E-state index contributed by atoms with van der Waals surface area (Å²) >= 11 is 0. The molecule has 2 heterocycles. The first-order valence-corrected chi connectivity index (χ1v) is 4.03. The minimum atomic E-state index is 0.424. The molecular formula is C8H10N5. The molecule has 0 unspecified atom stereocenters. The lowest BCUT2D eigenvalue weighted by molar-refractivity contribution is 0.721. The molecule has 0 aliphatic heterocycles. The fraction of sp³-hybridized carbons (Fsp3) is 0.250. The molecule has 0 aliphatic rings. The fourth-order valence-electron chi connectivity index (χ4n) is 1.23. The number of aryl methyl sites for hydroxylation is 1. The lowest BCUT2D eigenvalue weighted by Crippen LogP contribution is -1.98. The summed E-state index contributed by atoms with van der Waals surface area (Å²) < 4.78 is 1.92. The molecule has 0 aliphatic carbocycles. The van der Waals surface area contributed by atoms with E-state index in [-0.39, 0.29) is 0 Å². The van der Waals surface area contributed by atoms with Gasteiger partial charge in [-0.05, 0) is 6.42 Å². The van der Waals surface area contributed by atoms with Crippen LogP contribution in [-0.2, 0) is 6.54 Å². The van der Waals surface area contributed by atoms with Gasteiger partial charge in [0.15, 0.2) is 11.5 Å². The van der Waals surface area contributed by atoms with Crippen molar-refractivity contribution in [1.82, 2.24) is 19.5 Å². The summed E-state index contributed by atoms with van der Waals surface area (Å²) in [6, 6.07) is 0. The maximum Gasteiger partial charge on any atom is 0.165 e. The van der Waals surface area contributed by atoms with Gasteiger partial charge >= 0.3 is 0 Å². The number of anilines is 1. The lowest BCUT2D eigenvalue weighted by Gasteiger charge is -1.99. The van der Waals surface area contributed by atoms with Gasteiger partial charge in [-0.2, -0.15) is 0 Å². The average Bonchev–Trinajstić information content (AvgIpc) is 2.51. The third kappa shape index (κ3) is 1.22. The highest BCUT2D eigenvalue weighted by molar-refractivity contribution is 5.80. The van der Waals surface area contributed by atoms with Crippen LogP contribution in [0.25, 0.3) is 11.2 Å². The van der Waals surface area contributed by atoms with Gasteiger partial charge in [0.2, 0.25) is 0 Å². The van der Waals surface area contributed by atoms with Gasteiger partial charge in [0.05, 0.1) is 6.33 Å². The minimum Gasteiger partial charge on any atom is -0.382 e. The predicted molar refractivity (Wildman–Crippen MR) is 49.7 cm³/mol. The zero-order chi connectivity index (χ0) is 9.26. The third-order valence-electron chi connectivity index (χ3n) is 1.83. The second kappa shape index (κ2) is 3.01. The topological polar surface area (TPSA) is 69.6 Å². The van der Waals surface area contributed by atoms with E-state index < -0.39 is 0 Å². The molecule has 0 bridgehead atoms. The van der Waals surface area contributed by atoms with Gasteiger partial charge in [0.1, 0.15) is 11.8 Å². The van der Waals surface area contributed by atoms with E-state index in [2.05, 4.69) is 21.9 Å². The highest BCUT2D eigenvalue weighted by atomic mass is 15.1. The van der Waals surface area contributed by atoms with Gasteiger partial charge in [-0.25, -0.2) is 15.0 Å². The van der Waals surface area contributed by atoms with Crippen LogP contribution in [0.5, 0.6) is 0 Å². The molecule has 0 fully saturated rings. The predicted octanol–water partition coefficient (Wildman–Crippen LogP) is 0.633. The van der Waals surface area contributed by atoms with Crippen LogP contribution in [0.15, 0.2) is 12.7 Å². The Kier molecular flexibility index (Phi) is 1.84. The monoisotopic (exact) mass is 176 g/mol. The Hall–Kier alpha value is -1.65. The van der Waals surface area contributed by atoms with Crippen molar-refractivity contribution in [3.63, 3.8) is 0 Å². The molecule has 2 rings (SSSR count). The number of nitrogens with zero attached hydrogens (tertiary/aromatic N) is 4. The molecule has 2 N–H and O–H groups in total. The number of hydrogen-bond acceptors (Lipinski definition) is 4. The Morgan fingerprint density at radius 1 is 1.38 bits per heavy atom. The maximum atomic E-state index is 5.62. The molecule has 1 radical (unpaired) electrons. The molecule has 0 amide bonds. The second-order valence-electron chi connectivity index (χ2n) is 2.72. The fourth-order valence-corrected chi connectivity index (χ4v) is 1.23. The maximum absolute atomic E-state index is 5.62. The van der Waals surface area contributed by atoms with Crippen LogP contribution in [0.4, 0.5) is 5.82 Å². The number of nitrogens with two attached hydrogens (primary N) is 1. The first-order valence-electron chi connectivity index (χ1n) is 4.03. The zero-order valence-electron chi connectivity index (χ0n) is 7.14. The summed E-state index contributed by atoms with van der Waals surface area (Å²) in [7, 11) is 0. The van der Waals surface area contributed by atoms with Crippen molar-refractivity contribution in [3.05, 3.63) is 19.6 Å². The van der Waals surface area contributed by atoms with Gasteiger partial charge in [0.25, 0.3) is 0 Å². The average molecular weight is 176 g/mol. The quantitative estimate of drug-likeness (QED) is 0.728. The van der Waals surface area contributed by atoms with Crippen molar-refractivity contribution in [2.24, 2.45) is 0 Å². The molecule has 13 heavy (non-hydrogen) atoms. The minimum absolute atomic E-state index is 0.424. The molecule has 2 aromatic heterocycles. The first kappa shape index (κ1) is 7.97. The van der Waals surface area contributed by atoms with E-state index in [0.29, 0.717) is 11.3 Å². The summed E-state index contributed by atoms with van der Waals surface area (Å²) in [5.41, 5.74) is 7.06. The van der Waals surface area contributed by atoms with Crippen LogP contribution in [0.3, 0.4) is 0 Å². The lowest BCUT2D eigenvalue weighted by atomic mass is 10.4. The molecule has 0 aromatic carbocycles. The van der Waals surface area contributed by atoms with Gasteiger partial charge in [-0.15, -0.1) is 0 Å². The molecule has 5 heteroatoms. The molecule has 0 atom stereocenters. The van der Waals surface area contributed by atoms with E-state index in [1.807, 2.05) is 4.57 Å². The molecule has 0 saturated carbocycles. The highest BCUT2D eigenvalue weighted by Gasteiger charge is 2.05. The van der Waals surface area contributed by atoms with Crippen LogP contribution in [-0.4, -0.2) is 19.5 Å². The Morgan fingerprint density at radius 2 is 2.23 bits per heavy atom. The number of aromatic nitrogens is 4. The van der Waals surface area contributed by atoms with E-state index in [1.165, 1.54) is 6.33 Å². The van der Waals surface area contributed by atoms with Gasteiger partial charge in [0, 0.05) is 6.54 Å². The number of nitrogen functional groups attached to an aromatic ring is 1. The normalized spacial score (nSPS) is 10.8. The van der Waals surface area contributed by atoms with Crippen molar-refractivity contribution in [2.75, 3.05) is 5.73 Å². The Morgan fingerprint density at radius 3 is 3.00 bits per heavy atom. The van der Waals surface area contributed by atoms with Crippen molar-refractivity contribution in [3.8, 4) is 0 Å². The Labute approximate surface area is 75.6 Å². The largest absolute Gasteiger partial charge is 0.382 e. The Bertz CT molecular complexity index is 419. The van der Waals surface area contributed by atoms with Crippen LogP contribution in [0.2, 0.25) is 0 Å². The summed E-state index contributed by atoms with van der Waals surface area (Å²) in [4.78, 5) is 12.1. The van der Waals surface area contributed by atoms with Gasteiger partial charge in [-0.3, -0.25) is 0 Å². The molecule has 67 valence electrons. The van der Waals surface area contributed by atoms with Crippen molar-refractivity contribution < 1.29 is 0 Å². The van der Waals surface area contributed by atoms with Crippen molar-refractivity contribution in [2.45, 2.75) is 13.0 Å². The summed E-state index contributed by atoms with van der Waals surface area (Å²) in [5, 5.41) is 0. The van der Waals surface area contributed by atoms with E-state index >= 15 is 0 Å². The standard InChI is InChI=1S/C8H10N5/c1-2-3-13-5-12-6-7(9)10-4-11-8(6)13/h4-5H,1-3H2,(H2,9,10,11). The summed E-state index contributed by atoms with van der Waals surface area (Å²) in [5.74, 6) is 0.424. The molecule has 5 nitrogen and oxygen atoms in total. The van der Waals surface area contributed by atoms with Gasteiger partial charge in [-0.1, -0.05) is 6.92 Å². The van der Waals surface area contributed by atoms with E-state index in [4.69, 9.17) is 5.73 Å². The number of hydrogen-bond donors (Lipinski definition) is 1. The first-order chi connectivity index (χ1) is 6.33. The number of imidazole rings is 1. The molecular weight excluding hydrogens is 166 g/mol. The van der Waals surface area contributed by atoms with E-state index in [0.717, 1.165) is 18.6 Å².